The van der Waals surface area contributed by atoms with Gasteiger partial charge in [0.1, 0.15) is 6.54 Å². The van der Waals surface area contributed by atoms with Crippen molar-refractivity contribution in [2.75, 3.05) is 0 Å². The molecule has 0 radical (unpaired) electrons. The zero-order chi connectivity index (χ0) is 13.1. The Morgan fingerprint density at radius 3 is 2.79 bits per heavy atom. The summed E-state index contributed by atoms with van der Waals surface area (Å²) in [5.74, 6) is 0.974. The molecule has 2 saturated carbocycles. The van der Waals surface area contributed by atoms with E-state index in [9.17, 15) is 4.79 Å². The highest BCUT2D eigenvalue weighted by Crippen LogP contribution is 2.37. The molecule has 1 amide bonds. The summed E-state index contributed by atoms with van der Waals surface area (Å²) in [5.41, 5.74) is 2.49. The van der Waals surface area contributed by atoms with Gasteiger partial charge in [-0.1, -0.05) is 19.3 Å². The van der Waals surface area contributed by atoms with E-state index in [0.29, 0.717) is 5.92 Å². The third-order valence-corrected chi connectivity index (χ3v) is 3.59. The molecule has 0 saturated heterocycles. The highest BCUT2D eigenvalue weighted by atomic mass is 16.7. The van der Waals surface area contributed by atoms with Crippen LogP contribution in [0.4, 0.5) is 0 Å². The van der Waals surface area contributed by atoms with Gasteiger partial charge in [0.05, 0.1) is 6.10 Å². The third-order valence-electron chi connectivity index (χ3n) is 3.59. The van der Waals surface area contributed by atoms with Crippen LogP contribution in [0.1, 0.15) is 56.7 Å². The van der Waals surface area contributed by atoms with Gasteiger partial charge in [-0.05, 0) is 30.9 Å². The van der Waals surface area contributed by atoms with Crippen LogP contribution in [0.5, 0.6) is 0 Å². The van der Waals surface area contributed by atoms with Crippen LogP contribution in [0.3, 0.4) is 0 Å². The maximum Gasteiger partial charge on any atom is 0.267 e. The van der Waals surface area contributed by atoms with Crippen molar-refractivity contribution >= 4 is 5.91 Å². The fourth-order valence-electron chi connectivity index (χ4n) is 2.32. The molecule has 0 atom stereocenters. The fourth-order valence-corrected chi connectivity index (χ4v) is 2.32. The van der Waals surface area contributed by atoms with Gasteiger partial charge < -0.3 is 0 Å². The summed E-state index contributed by atoms with van der Waals surface area (Å²) in [7, 11) is 0. The molecular weight excluding hydrogens is 246 g/mol. The van der Waals surface area contributed by atoms with Gasteiger partial charge in [0, 0.05) is 5.92 Å². The van der Waals surface area contributed by atoms with Crippen LogP contribution in [0.25, 0.3) is 0 Å². The number of carbonyl (C=O) groups is 1. The second kappa shape index (κ2) is 5.64. The van der Waals surface area contributed by atoms with E-state index in [0.717, 1.165) is 31.5 Å². The first-order chi connectivity index (χ1) is 9.31. The normalized spacial score (nSPS) is 20.4. The molecule has 7 heteroatoms. The number of tetrazole rings is 1. The van der Waals surface area contributed by atoms with Crippen LogP contribution >= 0.6 is 0 Å². The molecular formula is C12H19N5O2. The Labute approximate surface area is 111 Å². The SMILES string of the molecule is O=C(Cn1nnc(C2CC2)n1)NOC1CCCCC1. The van der Waals surface area contributed by atoms with Crippen LogP contribution in [-0.2, 0) is 16.2 Å². The lowest BCUT2D eigenvalue weighted by molar-refractivity contribution is -0.141. The molecule has 104 valence electrons. The molecule has 0 aliphatic heterocycles. The summed E-state index contributed by atoms with van der Waals surface area (Å²) in [5, 5.41) is 12.0. The quantitative estimate of drug-likeness (QED) is 0.801. The van der Waals surface area contributed by atoms with E-state index < -0.39 is 0 Å². The number of rotatable bonds is 5. The van der Waals surface area contributed by atoms with Gasteiger partial charge in [-0.2, -0.15) is 4.80 Å². The Hall–Kier alpha value is -1.50. The first-order valence-corrected chi connectivity index (χ1v) is 7.03. The maximum atomic E-state index is 11.7. The molecule has 0 unspecified atom stereocenters. The molecule has 0 aromatic carbocycles. The van der Waals surface area contributed by atoms with Crippen molar-refractivity contribution in [3.8, 4) is 0 Å². The third kappa shape index (κ3) is 3.50. The number of amides is 1. The number of nitrogens with zero attached hydrogens (tertiary/aromatic N) is 4. The summed E-state index contributed by atoms with van der Waals surface area (Å²) in [6, 6.07) is 0. The smallest absolute Gasteiger partial charge is 0.267 e. The average Bonchev–Trinajstić information content (AvgIpc) is 3.19. The summed E-state index contributed by atoms with van der Waals surface area (Å²) in [4.78, 5) is 18.4. The first kappa shape index (κ1) is 12.5. The van der Waals surface area contributed by atoms with Crippen molar-refractivity contribution in [3.05, 3.63) is 5.82 Å². The van der Waals surface area contributed by atoms with Gasteiger partial charge in [0.15, 0.2) is 5.82 Å². The van der Waals surface area contributed by atoms with Crippen LogP contribution in [-0.4, -0.2) is 32.2 Å². The lowest BCUT2D eigenvalue weighted by atomic mass is 9.98. The van der Waals surface area contributed by atoms with E-state index in [1.807, 2.05) is 0 Å². The lowest BCUT2D eigenvalue weighted by Gasteiger charge is -2.21. The summed E-state index contributed by atoms with van der Waals surface area (Å²) in [6.45, 7) is 0.0619. The van der Waals surface area contributed by atoms with Gasteiger partial charge in [-0.15, -0.1) is 10.2 Å². The molecule has 0 bridgehead atoms. The number of carbonyl (C=O) groups excluding carboxylic acids is 1. The van der Waals surface area contributed by atoms with Crippen LogP contribution in [0, 0.1) is 0 Å². The van der Waals surface area contributed by atoms with Gasteiger partial charge in [-0.3, -0.25) is 9.63 Å². The second-order valence-corrected chi connectivity index (χ2v) is 5.36. The molecule has 2 aliphatic rings. The van der Waals surface area contributed by atoms with Gasteiger partial charge >= 0.3 is 0 Å². The minimum Gasteiger partial charge on any atom is -0.271 e. The summed E-state index contributed by atoms with van der Waals surface area (Å²) < 4.78 is 0. The number of hydrogen-bond acceptors (Lipinski definition) is 5. The zero-order valence-electron chi connectivity index (χ0n) is 10.9. The van der Waals surface area contributed by atoms with Crippen molar-refractivity contribution in [2.45, 2.75) is 63.5 Å². The molecule has 1 aromatic rings. The summed E-state index contributed by atoms with van der Waals surface area (Å²) in [6.07, 6.45) is 8.07. The molecule has 1 heterocycles. The van der Waals surface area contributed by atoms with E-state index in [1.165, 1.54) is 24.1 Å². The Balaban J connectivity index is 1.42. The number of nitrogens with one attached hydrogen (secondary N) is 1. The Morgan fingerprint density at radius 1 is 1.26 bits per heavy atom. The standard InChI is InChI=1S/C12H19N5O2/c18-11(15-19-10-4-2-1-3-5-10)8-17-14-12(13-16-17)9-6-7-9/h9-10H,1-8H2,(H,15,18). The van der Waals surface area contributed by atoms with Crippen molar-refractivity contribution in [3.63, 3.8) is 0 Å². The minimum absolute atomic E-state index is 0.0619. The minimum atomic E-state index is -0.231. The van der Waals surface area contributed by atoms with Crippen LogP contribution in [0.2, 0.25) is 0 Å². The van der Waals surface area contributed by atoms with E-state index in [4.69, 9.17) is 4.84 Å². The molecule has 2 fully saturated rings. The van der Waals surface area contributed by atoms with E-state index in [-0.39, 0.29) is 18.6 Å². The molecule has 1 aromatic heterocycles. The molecule has 3 rings (SSSR count). The van der Waals surface area contributed by atoms with E-state index in [1.54, 1.807) is 0 Å². The monoisotopic (exact) mass is 265 g/mol. The van der Waals surface area contributed by atoms with Crippen molar-refractivity contribution in [1.29, 1.82) is 0 Å². The highest BCUT2D eigenvalue weighted by Gasteiger charge is 2.28. The molecule has 0 spiro atoms. The molecule has 2 aliphatic carbocycles. The predicted molar refractivity (Wildman–Crippen MR) is 65.9 cm³/mol. The van der Waals surface area contributed by atoms with Crippen molar-refractivity contribution < 1.29 is 9.63 Å². The topological polar surface area (TPSA) is 81.9 Å². The summed E-state index contributed by atoms with van der Waals surface area (Å²) >= 11 is 0. The maximum absolute atomic E-state index is 11.7. The second-order valence-electron chi connectivity index (χ2n) is 5.36. The fraction of sp³-hybridized carbons (Fsp3) is 0.833. The Morgan fingerprint density at radius 2 is 2.05 bits per heavy atom. The van der Waals surface area contributed by atoms with E-state index in [2.05, 4.69) is 20.9 Å². The molecule has 19 heavy (non-hydrogen) atoms. The number of hydrogen-bond donors (Lipinski definition) is 1. The number of hydroxylamine groups is 1. The Bertz CT molecular complexity index is 437. The van der Waals surface area contributed by atoms with Crippen LogP contribution in [0.15, 0.2) is 0 Å². The lowest BCUT2D eigenvalue weighted by Crippen LogP contribution is -2.33. The van der Waals surface area contributed by atoms with Crippen molar-refractivity contribution in [2.24, 2.45) is 0 Å². The van der Waals surface area contributed by atoms with Gasteiger partial charge in [0.25, 0.3) is 5.91 Å². The van der Waals surface area contributed by atoms with Gasteiger partial charge in [0.2, 0.25) is 0 Å². The average molecular weight is 265 g/mol. The first-order valence-electron chi connectivity index (χ1n) is 7.03. The molecule has 1 N–H and O–H groups in total. The number of aromatic nitrogens is 4. The van der Waals surface area contributed by atoms with Crippen LogP contribution < -0.4 is 5.48 Å². The molecule has 7 nitrogen and oxygen atoms in total. The predicted octanol–water partition coefficient (Wildman–Crippen LogP) is 0.931. The largest absolute Gasteiger partial charge is 0.271 e. The van der Waals surface area contributed by atoms with E-state index >= 15 is 0 Å². The highest BCUT2D eigenvalue weighted by molar-refractivity contribution is 5.74. The van der Waals surface area contributed by atoms with Gasteiger partial charge in [-0.25, -0.2) is 5.48 Å². The Kier molecular flexibility index (Phi) is 3.72. The zero-order valence-corrected chi connectivity index (χ0v) is 10.9. The van der Waals surface area contributed by atoms with Crippen molar-refractivity contribution in [1.82, 2.24) is 25.7 Å².